The van der Waals surface area contributed by atoms with Crippen LogP contribution in [0.2, 0.25) is 0 Å². The number of aromatic nitrogens is 4. The van der Waals surface area contributed by atoms with E-state index in [2.05, 4.69) is 41.1 Å². The fraction of sp³-hybridized carbons (Fsp3) is 0.231. The second-order valence-corrected chi connectivity index (χ2v) is 7.90. The maximum Gasteiger partial charge on any atom is 0.244 e. The fourth-order valence-electron chi connectivity index (χ4n) is 3.84. The Kier molecular flexibility index (Phi) is 6.78. The van der Waals surface area contributed by atoms with Crippen LogP contribution in [0.3, 0.4) is 0 Å². The van der Waals surface area contributed by atoms with E-state index in [0.717, 1.165) is 30.0 Å². The highest BCUT2D eigenvalue weighted by Crippen LogP contribution is 2.21. The molecule has 0 bridgehead atoms. The Morgan fingerprint density at radius 2 is 1.85 bits per heavy atom. The highest BCUT2D eigenvalue weighted by molar-refractivity contribution is 5.77. The lowest BCUT2D eigenvalue weighted by atomic mass is 10.2. The predicted molar refractivity (Wildman–Crippen MR) is 132 cm³/mol. The molecule has 0 radical (unpaired) electrons. The molecule has 1 saturated heterocycles. The molecule has 0 atom stereocenters. The summed E-state index contributed by atoms with van der Waals surface area (Å²) in [6.45, 7) is 12.6. The van der Waals surface area contributed by atoms with Gasteiger partial charge in [0.2, 0.25) is 5.91 Å². The van der Waals surface area contributed by atoms with Gasteiger partial charge in [-0.15, -0.1) is 5.10 Å². The average molecular weight is 441 g/mol. The normalized spacial score (nSPS) is 14.3. The zero-order valence-electron chi connectivity index (χ0n) is 18.9. The summed E-state index contributed by atoms with van der Waals surface area (Å²) in [6.07, 6.45) is 7.00. The summed E-state index contributed by atoms with van der Waals surface area (Å²) in [4.78, 5) is 26.5. The van der Waals surface area contributed by atoms with Crippen molar-refractivity contribution in [3.63, 3.8) is 0 Å². The maximum atomic E-state index is 13.2. The molecule has 1 aliphatic rings. The zero-order valence-corrected chi connectivity index (χ0v) is 18.9. The number of benzene rings is 1. The summed E-state index contributed by atoms with van der Waals surface area (Å²) < 4.78 is 1.68. The minimum Gasteiger partial charge on any atom is -0.353 e. The summed E-state index contributed by atoms with van der Waals surface area (Å²) in [5, 5.41) is 4.63. The third-order valence-corrected chi connectivity index (χ3v) is 5.62. The molecule has 1 fully saturated rings. The number of nitrogens with zero attached hydrogens (tertiary/aromatic N) is 6. The number of anilines is 1. The summed E-state index contributed by atoms with van der Waals surface area (Å²) in [6, 6.07) is 13.8. The molecular weight excluding hydrogens is 412 g/mol. The molecule has 168 valence electrons. The molecule has 2 aromatic heterocycles. The molecule has 7 nitrogen and oxygen atoms in total. The van der Waals surface area contributed by atoms with Crippen molar-refractivity contribution >= 4 is 17.3 Å². The van der Waals surface area contributed by atoms with Gasteiger partial charge in [0.15, 0.2) is 11.6 Å². The largest absolute Gasteiger partial charge is 0.353 e. The van der Waals surface area contributed by atoms with Gasteiger partial charge in [0.1, 0.15) is 12.4 Å². The molecule has 1 aromatic carbocycles. The van der Waals surface area contributed by atoms with Crippen molar-refractivity contribution < 1.29 is 4.79 Å². The fourth-order valence-corrected chi connectivity index (χ4v) is 3.84. The van der Waals surface area contributed by atoms with Gasteiger partial charge < -0.3 is 9.80 Å². The summed E-state index contributed by atoms with van der Waals surface area (Å²) in [5.41, 5.74) is 2.84. The number of hydrogen-bond acceptors (Lipinski definition) is 5. The third kappa shape index (κ3) is 5.09. The van der Waals surface area contributed by atoms with Gasteiger partial charge in [0.25, 0.3) is 0 Å². The van der Waals surface area contributed by atoms with Gasteiger partial charge in [0, 0.05) is 43.5 Å². The molecule has 0 unspecified atom stereocenters. The molecule has 4 rings (SSSR count). The molecule has 7 heteroatoms. The smallest absolute Gasteiger partial charge is 0.244 e. The van der Waals surface area contributed by atoms with Crippen LogP contribution in [0.1, 0.15) is 11.4 Å². The van der Waals surface area contributed by atoms with Crippen molar-refractivity contribution in [3.8, 4) is 11.4 Å². The van der Waals surface area contributed by atoms with E-state index in [0.29, 0.717) is 24.7 Å². The highest BCUT2D eigenvalue weighted by atomic mass is 16.2. The standard InChI is InChI=1S/C26H28N6O/c1-4-9-21(5-2)25-28-26(22-10-7-6-8-11-22)32(29-25)19-24(33)31-16-14-30(15-17-31)23-18-20(3)12-13-27-23/h4-13,18H,1-2,14-17,19H2,3H3. The Bertz CT molecular complexity index is 1170. The van der Waals surface area contributed by atoms with Crippen LogP contribution in [0, 0.1) is 6.92 Å². The van der Waals surface area contributed by atoms with Crippen molar-refractivity contribution in [3.05, 3.63) is 91.4 Å². The van der Waals surface area contributed by atoms with E-state index in [4.69, 9.17) is 4.98 Å². The number of hydrogen-bond donors (Lipinski definition) is 0. The molecule has 1 amide bonds. The number of rotatable bonds is 7. The van der Waals surface area contributed by atoms with E-state index in [-0.39, 0.29) is 12.5 Å². The van der Waals surface area contributed by atoms with E-state index < -0.39 is 0 Å². The number of piperazine rings is 1. The number of amides is 1. The maximum absolute atomic E-state index is 13.2. The van der Waals surface area contributed by atoms with E-state index in [1.54, 1.807) is 16.8 Å². The zero-order chi connectivity index (χ0) is 23.2. The van der Waals surface area contributed by atoms with Crippen molar-refractivity contribution in [1.29, 1.82) is 0 Å². The monoisotopic (exact) mass is 440 g/mol. The first-order valence-electron chi connectivity index (χ1n) is 11.0. The Morgan fingerprint density at radius 1 is 1.09 bits per heavy atom. The Labute approximate surface area is 194 Å². The summed E-state index contributed by atoms with van der Waals surface area (Å²) in [7, 11) is 0. The lowest BCUT2D eigenvalue weighted by Crippen LogP contribution is -2.50. The van der Waals surface area contributed by atoms with Crippen molar-refractivity contribution in [2.24, 2.45) is 0 Å². The number of carbonyl (C=O) groups is 1. The van der Waals surface area contributed by atoms with E-state index in [1.807, 2.05) is 53.6 Å². The molecule has 0 aliphatic carbocycles. The topological polar surface area (TPSA) is 67.2 Å². The number of pyridine rings is 1. The van der Waals surface area contributed by atoms with E-state index in [9.17, 15) is 4.79 Å². The van der Waals surface area contributed by atoms with Gasteiger partial charge in [-0.1, -0.05) is 61.7 Å². The van der Waals surface area contributed by atoms with Crippen molar-refractivity contribution in [2.75, 3.05) is 31.1 Å². The Hall–Kier alpha value is -4.00. The van der Waals surface area contributed by atoms with Crippen LogP contribution in [0.15, 0.2) is 80.0 Å². The van der Waals surface area contributed by atoms with Crippen LogP contribution in [0.5, 0.6) is 0 Å². The molecule has 33 heavy (non-hydrogen) atoms. The van der Waals surface area contributed by atoms with Gasteiger partial charge in [-0.25, -0.2) is 14.6 Å². The molecule has 0 saturated carbocycles. The quantitative estimate of drug-likeness (QED) is 0.524. The van der Waals surface area contributed by atoms with Gasteiger partial charge in [0.05, 0.1) is 0 Å². The van der Waals surface area contributed by atoms with Gasteiger partial charge in [-0.2, -0.15) is 0 Å². The summed E-state index contributed by atoms with van der Waals surface area (Å²) in [5.74, 6) is 2.15. The SMILES string of the molecule is C=CC=C(C=C)c1nc(-c2ccccc2)n(CC(=O)N2CCN(c3cc(C)ccn3)CC2)n1. The van der Waals surface area contributed by atoms with E-state index in [1.165, 1.54) is 5.56 Å². The lowest BCUT2D eigenvalue weighted by Gasteiger charge is -2.35. The minimum atomic E-state index is 0.0216. The van der Waals surface area contributed by atoms with Crippen LogP contribution in [0.4, 0.5) is 5.82 Å². The second-order valence-electron chi connectivity index (χ2n) is 7.90. The average Bonchev–Trinajstić information content (AvgIpc) is 3.26. The van der Waals surface area contributed by atoms with Crippen molar-refractivity contribution in [1.82, 2.24) is 24.6 Å². The number of allylic oxidation sites excluding steroid dienone is 4. The van der Waals surface area contributed by atoms with Crippen LogP contribution in [0.25, 0.3) is 17.0 Å². The van der Waals surface area contributed by atoms with Crippen LogP contribution >= 0.6 is 0 Å². The predicted octanol–water partition coefficient (Wildman–Crippen LogP) is 3.75. The molecule has 3 heterocycles. The molecular formula is C26H28N6O. The van der Waals surface area contributed by atoms with Crippen LogP contribution in [-0.2, 0) is 11.3 Å². The van der Waals surface area contributed by atoms with Gasteiger partial charge in [-0.05, 0) is 24.6 Å². The lowest BCUT2D eigenvalue weighted by molar-refractivity contribution is -0.132. The number of aryl methyl sites for hydroxylation is 1. The molecule has 0 N–H and O–H groups in total. The minimum absolute atomic E-state index is 0.0216. The molecule has 0 spiro atoms. The third-order valence-electron chi connectivity index (χ3n) is 5.62. The first-order valence-corrected chi connectivity index (χ1v) is 11.0. The Morgan fingerprint density at radius 3 is 2.52 bits per heavy atom. The highest BCUT2D eigenvalue weighted by Gasteiger charge is 2.24. The number of carbonyl (C=O) groups excluding carboxylic acids is 1. The van der Waals surface area contributed by atoms with Crippen molar-refractivity contribution in [2.45, 2.75) is 13.5 Å². The van der Waals surface area contributed by atoms with Crippen LogP contribution < -0.4 is 4.90 Å². The summed E-state index contributed by atoms with van der Waals surface area (Å²) >= 11 is 0. The molecule has 1 aliphatic heterocycles. The second kappa shape index (κ2) is 10.1. The van der Waals surface area contributed by atoms with Gasteiger partial charge in [-0.3, -0.25) is 4.79 Å². The molecule has 3 aromatic rings. The Balaban J connectivity index is 1.51. The first kappa shape index (κ1) is 22.2. The van der Waals surface area contributed by atoms with E-state index >= 15 is 0 Å². The first-order chi connectivity index (χ1) is 16.1. The van der Waals surface area contributed by atoms with Gasteiger partial charge >= 0.3 is 0 Å². The van der Waals surface area contributed by atoms with Crippen LogP contribution in [-0.4, -0.2) is 56.7 Å².